The number of rotatable bonds is 4. The van der Waals surface area contributed by atoms with Crippen molar-refractivity contribution in [1.29, 1.82) is 0 Å². The average Bonchev–Trinajstić information content (AvgIpc) is 3.08. The number of aliphatic hydroxyl groups is 1. The van der Waals surface area contributed by atoms with E-state index in [2.05, 4.69) is 43.8 Å². The van der Waals surface area contributed by atoms with Gasteiger partial charge in [0.25, 0.3) is 0 Å². The molecule has 0 amide bonds. The third-order valence-corrected chi connectivity index (χ3v) is 4.13. The highest BCUT2D eigenvalue weighted by Gasteiger charge is 2.49. The Hall–Kier alpha value is -1.92. The second kappa shape index (κ2) is 6.06. The fraction of sp³-hybridized carbons (Fsp3) is 0.700. The summed E-state index contributed by atoms with van der Waals surface area (Å²) in [5.74, 6) is 5.91. The molecule has 0 bridgehead atoms. The van der Waals surface area contributed by atoms with Crippen LogP contribution in [0.3, 0.4) is 0 Å². The first-order chi connectivity index (χ1) is 10.7. The van der Waals surface area contributed by atoms with Gasteiger partial charge in [-0.05, 0) is 0 Å². The molecule has 2 unspecified atom stereocenters. The predicted octanol–water partition coefficient (Wildman–Crippen LogP) is -1.55. The minimum absolute atomic E-state index is 0.283. The van der Waals surface area contributed by atoms with Gasteiger partial charge in [0.15, 0.2) is 24.3 Å². The minimum atomic E-state index is -1.00. The summed E-state index contributed by atoms with van der Waals surface area (Å²) in [6.07, 6.45) is -1.32. The summed E-state index contributed by atoms with van der Waals surface area (Å²) in [4.78, 5) is 17.0. The first-order valence-electron chi connectivity index (χ1n) is 6.61. The summed E-state index contributed by atoms with van der Waals surface area (Å²) < 4.78 is 5.71. The molecule has 120 valence electrons. The fourth-order valence-electron chi connectivity index (χ4n) is 2.71. The highest BCUT2D eigenvalue weighted by atomic mass is 32.1. The number of nitrogens with zero attached hydrogens (tertiary/aromatic N) is 5. The first kappa shape index (κ1) is 15.0. The molecular weight excluding hydrogens is 312 g/mol. The Labute approximate surface area is 131 Å². The standard InChI is InChI=1S/C10H16N8O3S/c11-17-15-8-6-9(13-2-12-8)18(3-14-6)10-5(16-20)7(19)4(1-22)21-10/h2,4-5,7-8,10,14,19,22H,1,3H2,(H2,11,15)(H,12,13)/t4-,5+,7?,8?,10-/m1/s1. The van der Waals surface area contributed by atoms with Gasteiger partial charge >= 0.3 is 0 Å². The molecule has 3 rings (SSSR count). The van der Waals surface area contributed by atoms with Crippen molar-refractivity contribution in [3.05, 3.63) is 16.4 Å². The fourth-order valence-corrected chi connectivity index (χ4v) is 3.02. The first-order valence-corrected chi connectivity index (χ1v) is 7.24. The number of hydrogen-bond donors (Lipinski definition) is 5. The third-order valence-electron chi connectivity index (χ3n) is 3.77. The van der Waals surface area contributed by atoms with E-state index in [9.17, 15) is 10.0 Å². The van der Waals surface area contributed by atoms with Crippen molar-refractivity contribution in [3.8, 4) is 0 Å². The van der Waals surface area contributed by atoms with Gasteiger partial charge in [0.2, 0.25) is 0 Å². The van der Waals surface area contributed by atoms with Crippen LogP contribution in [0.1, 0.15) is 0 Å². The minimum Gasteiger partial charge on any atom is -0.388 e. The highest BCUT2D eigenvalue weighted by Crippen LogP contribution is 2.33. The van der Waals surface area contributed by atoms with Crippen LogP contribution in [0.15, 0.2) is 32.0 Å². The zero-order valence-corrected chi connectivity index (χ0v) is 12.3. The van der Waals surface area contributed by atoms with Gasteiger partial charge in [0.05, 0.1) is 19.1 Å². The van der Waals surface area contributed by atoms with Crippen molar-refractivity contribution in [2.75, 3.05) is 12.4 Å². The Kier molecular flexibility index (Phi) is 4.13. The Morgan fingerprint density at radius 1 is 1.64 bits per heavy atom. The molecule has 0 aromatic rings. The Balaban J connectivity index is 1.87. The zero-order chi connectivity index (χ0) is 15.7. The Morgan fingerprint density at radius 3 is 3.14 bits per heavy atom. The van der Waals surface area contributed by atoms with E-state index < -0.39 is 30.6 Å². The van der Waals surface area contributed by atoms with E-state index in [1.54, 1.807) is 4.90 Å². The van der Waals surface area contributed by atoms with E-state index >= 15 is 0 Å². The molecule has 5 N–H and O–H groups in total. The van der Waals surface area contributed by atoms with Gasteiger partial charge in [-0.3, -0.25) is 0 Å². The van der Waals surface area contributed by atoms with Gasteiger partial charge < -0.3 is 31.2 Å². The van der Waals surface area contributed by atoms with Gasteiger partial charge in [0.1, 0.15) is 11.8 Å². The van der Waals surface area contributed by atoms with Crippen LogP contribution in [0.2, 0.25) is 0 Å². The lowest BCUT2D eigenvalue weighted by Gasteiger charge is -2.28. The number of nitrogens with two attached hydrogens (primary N) is 1. The van der Waals surface area contributed by atoms with Gasteiger partial charge in [-0.15, -0.1) is 5.11 Å². The molecule has 3 heterocycles. The molecule has 0 saturated carbocycles. The largest absolute Gasteiger partial charge is 0.388 e. The molecule has 0 aromatic heterocycles. The summed E-state index contributed by atoms with van der Waals surface area (Å²) in [7, 11) is 0. The summed E-state index contributed by atoms with van der Waals surface area (Å²) in [6, 6.07) is -0.925. The number of hydrogen-bond acceptors (Lipinski definition) is 11. The summed E-state index contributed by atoms with van der Waals surface area (Å²) >= 11 is 4.12. The molecule has 11 nitrogen and oxygen atoms in total. The van der Waals surface area contributed by atoms with Crippen molar-refractivity contribution in [2.24, 2.45) is 26.3 Å². The molecule has 0 spiro atoms. The highest BCUT2D eigenvalue weighted by molar-refractivity contribution is 7.80. The Morgan fingerprint density at radius 2 is 2.45 bits per heavy atom. The lowest BCUT2D eigenvalue weighted by Crippen LogP contribution is -2.42. The number of aliphatic hydroxyl groups excluding tert-OH is 1. The van der Waals surface area contributed by atoms with Crippen molar-refractivity contribution in [3.63, 3.8) is 0 Å². The van der Waals surface area contributed by atoms with Crippen LogP contribution in [0.5, 0.6) is 0 Å². The van der Waals surface area contributed by atoms with Gasteiger partial charge in [0, 0.05) is 5.75 Å². The number of nitrogens with one attached hydrogen (secondary N) is 2. The second-order valence-corrected chi connectivity index (χ2v) is 5.30. The van der Waals surface area contributed by atoms with E-state index in [1.807, 2.05) is 0 Å². The van der Waals surface area contributed by atoms with Crippen LogP contribution in [-0.4, -0.2) is 59.4 Å². The van der Waals surface area contributed by atoms with Gasteiger partial charge in [-0.2, -0.15) is 17.5 Å². The third kappa shape index (κ3) is 2.28. The number of ether oxygens (including phenoxy) is 1. The van der Waals surface area contributed by atoms with E-state index in [-0.39, 0.29) is 5.75 Å². The van der Waals surface area contributed by atoms with Crippen LogP contribution < -0.4 is 16.5 Å². The van der Waals surface area contributed by atoms with E-state index in [4.69, 9.17) is 10.6 Å². The maximum absolute atomic E-state index is 11.1. The van der Waals surface area contributed by atoms with Crippen LogP contribution in [-0.2, 0) is 4.74 Å². The van der Waals surface area contributed by atoms with Crippen LogP contribution in [0, 0.1) is 4.91 Å². The van der Waals surface area contributed by atoms with E-state index in [0.717, 1.165) is 0 Å². The molecule has 5 atom stereocenters. The van der Waals surface area contributed by atoms with Crippen molar-refractivity contribution >= 4 is 19.0 Å². The van der Waals surface area contributed by atoms with Crippen molar-refractivity contribution in [2.45, 2.75) is 30.6 Å². The number of thiol groups is 1. The maximum atomic E-state index is 11.1. The lowest BCUT2D eigenvalue weighted by atomic mass is 10.1. The molecule has 1 saturated heterocycles. The number of aliphatic imine (C=N–C) groups is 1. The second-order valence-electron chi connectivity index (χ2n) is 4.93. The molecule has 12 heteroatoms. The maximum Gasteiger partial charge on any atom is 0.186 e. The Bertz CT molecular complexity index is 540. The van der Waals surface area contributed by atoms with E-state index in [1.165, 1.54) is 6.34 Å². The van der Waals surface area contributed by atoms with Crippen molar-refractivity contribution in [1.82, 2.24) is 15.5 Å². The van der Waals surface area contributed by atoms with Gasteiger partial charge in [-0.1, -0.05) is 10.4 Å². The molecule has 0 radical (unpaired) electrons. The van der Waals surface area contributed by atoms with Crippen LogP contribution in [0.25, 0.3) is 0 Å². The molecule has 0 aromatic carbocycles. The van der Waals surface area contributed by atoms with Crippen LogP contribution >= 0.6 is 12.6 Å². The summed E-state index contributed by atoms with van der Waals surface area (Å²) in [5.41, 5.74) is 0.661. The SMILES string of the molecule is NN=NC1NC=NC2=C1NCN2[C@@H]1O[C@H](CS)C(O)[C@@H]1N=O. The van der Waals surface area contributed by atoms with Crippen LogP contribution in [0.4, 0.5) is 0 Å². The molecule has 3 aliphatic rings. The molecule has 3 aliphatic heterocycles. The molecule has 1 fully saturated rings. The predicted molar refractivity (Wildman–Crippen MR) is 79.4 cm³/mol. The average molecular weight is 328 g/mol. The molecule has 22 heavy (non-hydrogen) atoms. The summed E-state index contributed by atoms with van der Waals surface area (Å²) in [6.45, 7) is 0.336. The monoisotopic (exact) mass is 328 g/mol. The normalized spacial score (nSPS) is 37.4. The number of nitroso groups, excluding NO2 is 1. The van der Waals surface area contributed by atoms with Crippen molar-refractivity contribution < 1.29 is 9.84 Å². The molecule has 0 aliphatic carbocycles. The topological polar surface area (TPSA) is 149 Å². The quantitative estimate of drug-likeness (QED) is 0.138. The molecular formula is C10H16N8O3S. The zero-order valence-electron chi connectivity index (χ0n) is 11.4. The lowest BCUT2D eigenvalue weighted by molar-refractivity contribution is -0.0398. The smallest absolute Gasteiger partial charge is 0.186 e. The summed E-state index contributed by atoms with van der Waals surface area (Å²) in [5, 5.41) is 26.2. The van der Waals surface area contributed by atoms with E-state index in [0.29, 0.717) is 18.2 Å². The van der Waals surface area contributed by atoms with Gasteiger partial charge in [-0.25, -0.2) is 4.99 Å².